The van der Waals surface area contributed by atoms with Crippen molar-refractivity contribution in [1.82, 2.24) is 4.90 Å². The van der Waals surface area contributed by atoms with E-state index < -0.39 is 5.97 Å². The number of fused-ring (bicyclic) bond motifs is 2. The fourth-order valence-corrected chi connectivity index (χ4v) is 4.71. The third-order valence-corrected chi connectivity index (χ3v) is 5.57. The molecule has 3 heteroatoms. The summed E-state index contributed by atoms with van der Waals surface area (Å²) < 4.78 is 0. The van der Waals surface area contributed by atoms with E-state index in [4.69, 9.17) is 5.11 Å². The number of hydrogen-bond donors (Lipinski definition) is 1. The van der Waals surface area contributed by atoms with Crippen molar-refractivity contribution in [2.24, 2.45) is 17.8 Å². The van der Waals surface area contributed by atoms with Gasteiger partial charge in [-0.25, -0.2) is 0 Å². The number of aliphatic carboxylic acids is 1. The maximum Gasteiger partial charge on any atom is 0.304 e. The van der Waals surface area contributed by atoms with E-state index in [2.05, 4.69) is 4.90 Å². The Balaban J connectivity index is 1.50. The van der Waals surface area contributed by atoms with Gasteiger partial charge >= 0.3 is 5.97 Å². The molecule has 2 aliphatic carbocycles. The second-order valence-corrected chi connectivity index (χ2v) is 6.65. The Morgan fingerprint density at radius 1 is 1.22 bits per heavy atom. The highest BCUT2D eigenvalue weighted by molar-refractivity contribution is 5.66. The minimum absolute atomic E-state index is 0.313. The molecule has 3 nitrogen and oxygen atoms in total. The van der Waals surface area contributed by atoms with Crippen LogP contribution in [0.2, 0.25) is 0 Å². The molecule has 0 aromatic rings. The van der Waals surface area contributed by atoms with Crippen LogP contribution in [0.25, 0.3) is 0 Å². The Labute approximate surface area is 110 Å². The highest BCUT2D eigenvalue weighted by Crippen LogP contribution is 2.50. The Kier molecular flexibility index (Phi) is 3.60. The molecule has 3 fully saturated rings. The van der Waals surface area contributed by atoms with E-state index >= 15 is 0 Å². The SMILES string of the molecule is O=C(O)CCN1CCCC1CC1CC2CCC1C2. The maximum absolute atomic E-state index is 10.7. The van der Waals surface area contributed by atoms with Crippen LogP contribution in [0.5, 0.6) is 0 Å². The number of carboxylic acids is 1. The van der Waals surface area contributed by atoms with Crippen LogP contribution in [0.15, 0.2) is 0 Å². The molecular weight excluding hydrogens is 226 g/mol. The zero-order valence-corrected chi connectivity index (χ0v) is 11.2. The van der Waals surface area contributed by atoms with E-state index in [1.165, 1.54) is 44.9 Å². The largest absolute Gasteiger partial charge is 0.481 e. The van der Waals surface area contributed by atoms with Crippen LogP contribution in [-0.2, 0) is 4.79 Å². The lowest BCUT2D eigenvalue weighted by Gasteiger charge is -2.30. The molecule has 4 atom stereocenters. The molecule has 4 unspecified atom stereocenters. The molecule has 18 heavy (non-hydrogen) atoms. The predicted octanol–water partition coefficient (Wildman–Crippen LogP) is 2.75. The van der Waals surface area contributed by atoms with Gasteiger partial charge in [-0.1, -0.05) is 6.42 Å². The monoisotopic (exact) mass is 251 g/mol. The van der Waals surface area contributed by atoms with Crippen molar-refractivity contribution in [2.45, 2.75) is 57.4 Å². The maximum atomic E-state index is 10.7. The quantitative estimate of drug-likeness (QED) is 0.816. The third kappa shape index (κ3) is 2.56. The summed E-state index contributed by atoms with van der Waals surface area (Å²) in [5, 5.41) is 8.80. The summed E-state index contributed by atoms with van der Waals surface area (Å²) in [6.45, 7) is 1.89. The van der Waals surface area contributed by atoms with Gasteiger partial charge in [0.2, 0.25) is 0 Å². The molecule has 3 rings (SSSR count). The molecule has 1 heterocycles. The summed E-state index contributed by atoms with van der Waals surface area (Å²) in [5.41, 5.74) is 0. The smallest absolute Gasteiger partial charge is 0.304 e. The van der Waals surface area contributed by atoms with E-state index in [1.54, 1.807) is 0 Å². The minimum atomic E-state index is -0.652. The number of nitrogens with zero attached hydrogens (tertiary/aromatic N) is 1. The number of hydrogen-bond acceptors (Lipinski definition) is 2. The second kappa shape index (κ2) is 5.20. The van der Waals surface area contributed by atoms with Crippen LogP contribution < -0.4 is 0 Å². The normalized spacial score (nSPS) is 39.6. The lowest BCUT2D eigenvalue weighted by atomic mass is 9.83. The average Bonchev–Trinajstić information content (AvgIpc) is 3.02. The summed E-state index contributed by atoms with van der Waals surface area (Å²) >= 11 is 0. The lowest BCUT2D eigenvalue weighted by molar-refractivity contribution is -0.137. The van der Waals surface area contributed by atoms with E-state index in [0.717, 1.165) is 30.8 Å². The van der Waals surface area contributed by atoms with Crippen molar-refractivity contribution in [3.63, 3.8) is 0 Å². The summed E-state index contributed by atoms with van der Waals surface area (Å²) in [4.78, 5) is 13.1. The lowest BCUT2D eigenvalue weighted by Crippen LogP contribution is -2.33. The van der Waals surface area contributed by atoms with Gasteiger partial charge in [0.15, 0.2) is 0 Å². The highest BCUT2D eigenvalue weighted by Gasteiger charge is 2.41. The molecule has 2 bridgehead atoms. The molecule has 0 amide bonds. The molecule has 1 N–H and O–H groups in total. The topological polar surface area (TPSA) is 40.5 Å². The molecule has 1 aliphatic heterocycles. The highest BCUT2D eigenvalue weighted by atomic mass is 16.4. The van der Waals surface area contributed by atoms with E-state index in [1.807, 2.05) is 0 Å². The van der Waals surface area contributed by atoms with Crippen LogP contribution in [0.1, 0.15) is 51.4 Å². The van der Waals surface area contributed by atoms with Gasteiger partial charge in [0.1, 0.15) is 0 Å². The van der Waals surface area contributed by atoms with Gasteiger partial charge in [-0.05, 0) is 62.8 Å². The van der Waals surface area contributed by atoms with Gasteiger partial charge in [0, 0.05) is 12.6 Å². The molecule has 2 saturated carbocycles. The van der Waals surface area contributed by atoms with Crippen molar-refractivity contribution in [2.75, 3.05) is 13.1 Å². The first kappa shape index (κ1) is 12.5. The molecule has 0 radical (unpaired) electrons. The fraction of sp³-hybridized carbons (Fsp3) is 0.933. The van der Waals surface area contributed by atoms with E-state index in [-0.39, 0.29) is 0 Å². The van der Waals surface area contributed by atoms with E-state index in [9.17, 15) is 4.79 Å². The molecule has 1 saturated heterocycles. The van der Waals surface area contributed by atoms with Crippen LogP contribution in [0.4, 0.5) is 0 Å². The number of rotatable bonds is 5. The van der Waals surface area contributed by atoms with Gasteiger partial charge in [-0.15, -0.1) is 0 Å². The third-order valence-electron chi connectivity index (χ3n) is 5.57. The van der Waals surface area contributed by atoms with Gasteiger partial charge in [-0.2, -0.15) is 0 Å². The molecule has 0 aromatic heterocycles. The summed E-state index contributed by atoms with van der Waals surface area (Å²) in [6, 6.07) is 0.689. The van der Waals surface area contributed by atoms with Crippen molar-refractivity contribution >= 4 is 5.97 Å². The first-order valence-electron chi connectivity index (χ1n) is 7.68. The number of carboxylic acid groups (broad SMARTS) is 1. The second-order valence-electron chi connectivity index (χ2n) is 6.65. The Morgan fingerprint density at radius 3 is 2.78 bits per heavy atom. The molecule has 0 spiro atoms. The first-order chi connectivity index (χ1) is 8.72. The zero-order valence-electron chi connectivity index (χ0n) is 11.2. The molecule has 3 aliphatic rings. The number of carbonyl (C=O) groups is 1. The predicted molar refractivity (Wildman–Crippen MR) is 70.4 cm³/mol. The summed E-state index contributed by atoms with van der Waals surface area (Å²) in [5.74, 6) is 2.35. The van der Waals surface area contributed by atoms with Crippen molar-refractivity contribution in [1.29, 1.82) is 0 Å². The van der Waals surface area contributed by atoms with Gasteiger partial charge in [0.05, 0.1) is 6.42 Å². The van der Waals surface area contributed by atoms with Crippen molar-refractivity contribution in [3.8, 4) is 0 Å². The van der Waals surface area contributed by atoms with Gasteiger partial charge in [-0.3, -0.25) is 9.69 Å². The average molecular weight is 251 g/mol. The standard InChI is InChI=1S/C15H25NO2/c17-15(18)5-7-16-6-1-2-14(16)10-13-9-11-3-4-12(13)8-11/h11-14H,1-10H2,(H,17,18). The van der Waals surface area contributed by atoms with E-state index in [0.29, 0.717) is 12.5 Å². The number of likely N-dealkylation sites (tertiary alicyclic amines) is 1. The molecule has 0 aromatic carbocycles. The summed E-state index contributed by atoms with van der Waals surface area (Å²) in [6.07, 6.45) is 10.1. The minimum Gasteiger partial charge on any atom is -0.481 e. The van der Waals surface area contributed by atoms with Gasteiger partial charge in [0.25, 0.3) is 0 Å². The first-order valence-corrected chi connectivity index (χ1v) is 7.68. The summed E-state index contributed by atoms with van der Waals surface area (Å²) in [7, 11) is 0. The van der Waals surface area contributed by atoms with Crippen LogP contribution in [0.3, 0.4) is 0 Å². The van der Waals surface area contributed by atoms with Crippen LogP contribution in [0, 0.1) is 17.8 Å². The zero-order chi connectivity index (χ0) is 12.5. The fourth-order valence-electron chi connectivity index (χ4n) is 4.71. The Bertz CT molecular complexity index is 318. The van der Waals surface area contributed by atoms with Crippen LogP contribution in [-0.4, -0.2) is 35.1 Å². The Hall–Kier alpha value is -0.570. The molecule has 102 valence electrons. The van der Waals surface area contributed by atoms with Crippen LogP contribution >= 0.6 is 0 Å². The van der Waals surface area contributed by atoms with Gasteiger partial charge < -0.3 is 5.11 Å². The van der Waals surface area contributed by atoms with Crippen molar-refractivity contribution < 1.29 is 9.90 Å². The molecular formula is C15H25NO2. The Morgan fingerprint density at radius 2 is 2.11 bits per heavy atom. The van der Waals surface area contributed by atoms with Crippen molar-refractivity contribution in [3.05, 3.63) is 0 Å².